The maximum absolute atomic E-state index is 5.07. The summed E-state index contributed by atoms with van der Waals surface area (Å²) in [5.74, 6) is 4.44. The first-order valence-electron chi connectivity index (χ1n) is 6.84. The lowest BCUT2D eigenvalue weighted by molar-refractivity contribution is 0.377. The van der Waals surface area contributed by atoms with Crippen LogP contribution < -0.4 is 10.6 Å². The van der Waals surface area contributed by atoms with Gasteiger partial charge in [-0.1, -0.05) is 5.16 Å². The van der Waals surface area contributed by atoms with E-state index in [1.54, 1.807) is 0 Å². The van der Waals surface area contributed by atoms with Crippen LogP contribution in [0.5, 0.6) is 0 Å². The lowest BCUT2D eigenvalue weighted by Gasteiger charge is -2.08. The quantitative estimate of drug-likeness (QED) is 0.829. The van der Waals surface area contributed by atoms with E-state index in [0.29, 0.717) is 30.6 Å². The molecule has 0 unspecified atom stereocenters. The third-order valence-corrected chi connectivity index (χ3v) is 3.16. The zero-order chi connectivity index (χ0) is 13.9. The van der Waals surface area contributed by atoms with E-state index in [1.807, 2.05) is 20.0 Å². The number of nitrogens with one attached hydrogen (secondary N) is 2. The fraction of sp³-hybridized carbons (Fsp3) is 0.538. The number of hydrogen-bond acceptors (Lipinski definition) is 7. The van der Waals surface area contributed by atoms with Crippen molar-refractivity contribution in [2.24, 2.45) is 0 Å². The molecular formula is C13H18N6O. The molecule has 1 fully saturated rings. The molecule has 7 heteroatoms. The summed E-state index contributed by atoms with van der Waals surface area (Å²) in [6.07, 6.45) is 3.06. The zero-order valence-corrected chi connectivity index (χ0v) is 11.7. The first-order chi connectivity index (χ1) is 9.74. The maximum atomic E-state index is 5.07. The van der Waals surface area contributed by atoms with E-state index < -0.39 is 0 Å². The standard InChI is InChI=1S/C13H18N6O/c1-8-16-12(20-19-8)5-6-15-11-7-10(14-2)17-13(18-11)9-3-4-9/h7,9H,3-6H2,1-2H3,(H2,14,15,17,18). The largest absolute Gasteiger partial charge is 0.373 e. The summed E-state index contributed by atoms with van der Waals surface area (Å²) < 4.78 is 5.07. The van der Waals surface area contributed by atoms with Gasteiger partial charge in [-0.25, -0.2) is 9.97 Å². The highest BCUT2D eigenvalue weighted by molar-refractivity contribution is 5.47. The minimum atomic E-state index is 0.530. The Morgan fingerprint density at radius 3 is 2.70 bits per heavy atom. The Morgan fingerprint density at radius 2 is 2.05 bits per heavy atom. The van der Waals surface area contributed by atoms with Crippen molar-refractivity contribution in [3.05, 3.63) is 23.6 Å². The highest BCUT2D eigenvalue weighted by Gasteiger charge is 2.27. The van der Waals surface area contributed by atoms with Crippen LogP contribution in [0.1, 0.15) is 36.3 Å². The minimum absolute atomic E-state index is 0.530. The number of anilines is 2. The van der Waals surface area contributed by atoms with Crippen LogP contribution in [-0.4, -0.2) is 33.7 Å². The Labute approximate surface area is 117 Å². The molecule has 0 spiro atoms. The smallest absolute Gasteiger partial charge is 0.228 e. The van der Waals surface area contributed by atoms with E-state index >= 15 is 0 Å². The summed E-state index contributed by atoms with van der Waals surface area (Å²) in [5.41, 5.74) is 0. The number of aromatic nitrogens is 4. The van der Waals surface area contributed by atoms with Gasteiger partial charge in [0.05, 0.1) is 0 Å². The van der Waals surface area contributed by atoms with Gasteiger partial charge in [0.2, 0.25) is 5.89 Å². The maximum Gasteiger partial charge on any atom is 0.228 e. The van der Waals surface area contributed by atoms with Crippen LogP contribution >= 0.6 is 0 Å². The van der Waals surface area contributed by atoms with Gasteiger partial charge in [-0.05, 0) is 19.8 Å². The molecule has 0 radical (unpaired) electrons. The topological polar surface area (TPSA) is 88.8 Å². The predicted molar refractivity (Wildman–Crippen MR) is 74.8 cm³/mol. The van der Waals surface area contributed by atoms with E-state index in [2.05, 4.69) is 30.7 Å². The van der Waals surface area contributed by atoms with Crippen molar-refractivity contribution in [2.75, 3.05) is 24.2 Å². The molecule has 20 heavy (non-hydrogen) atoms. The van der Waals surface area contributed by atoms with Gasteiger partial charge in [0.15, 0.2) is 5.82 Å². The molecule has 1 saturated carbocycles. The van der Waals surface area contributed by atoms with Gasteiger partial charge in [0, 0.05) is 32.0 Å². The zero-order valence-electron chi connectivity index (χ0n) is 11.7. The third-order valence-electron chi connectivity index (χ3n) is 3.16. The molecule has 0 saturated heterocycles. The summed E-state index contributed by atoms with van der Waals surface area (Å²) in [7, 11) is 1.87. The van der Waals surface area contributed by atoms with Crippen molar-refractivity contribution in [1.29, 1.82) is 0 Å². The van der Waals surface area contributed by atoms with Crippen molar-refractivity contribution >= 4 is 11.6 Å². The van der Waals surface area contributed by atoms with E-state index in [4.69, 9.17) is 4.52 Å². The summed E-state index contributed by atoms with van der Waals surface area (Å²) in [6.45, 7) is 2.51. The molecule has 106 valence electrons. The van der Waals surface area contributed by atoms with E-state index in [1.165, 1.54) is 12.8 Å². The van der Waals surface area contributed by atoms with Gasteiger partial charge < -0.3 is 15.2 Å². The van der Waals surface area contributed by atoms with Gasteiger partial charge in [0.1, 0.15) is 17.5 Å². The van der Waals surface area contributed by atoms with Crippen molar-refractivity contribution < 1.29 is 4.52 Å². The molecule has 2 aromatic heterocycles. The average Bonchev–Trinajstić information content (AvgIpc) is 3.22. The summed E-state index contributed by atoms with van der Waals surface area (Å²) >= 11 is 0. The number of nitrogens with zero attached hydrogens (tertiary/aromatic N) is 4. The molecule has 0 aromatic carbocycles. The average molecular weight is 274 g/mol. The molecular weight excluding hydrogens is 256 g/mol. The molecule has 0 atom stereocenters. The van der Waals surface area contributed by atoms with Crippen LogP contribution in [0.4, 0.5) is 11.6 Å². The van der Waals surface area contributed by atoms with Crippen molar-refractivity contribution in [3.8, 4) is 0 Å². The Hall–Kier alpha value is -2.18. The molecule has 1 aliphatic rings. The van der Waals surface area contributed by atoms with Crippen molar-refractivity contribution in [1.82, 2.24) is 20.1 Å². The second-order valence-electron chi connectivity index (χ2n) is 4.93. The van der Waals surface area contributed by atoms with Crippen LogP contribution in [0.15, 0.2) is 10.6 Å². The van der Waals surface area contributed by atoms with Crippen LogP contribution in [-0.2, 0) is 6.42 Å². The van der Waals surface area contributed by atoms with Gasteiger partial charge in [-0.3, -0.25) is 0 Å². The SMILES string of the molecule is CNc1cc(NCCc2nc(C)no2)nc(C2CC2)n1. The lowest BCUT2D eigenvalue weighted by Crippen LogP contribution is -2.09. The minimum Gasteiger partial charge on any atom is -0.373 e. The molecule has 0 bridgehead atoms. The summed E-state index contributed by atoms with van der Waals surface area (Å²) in [5, 5.41) is 10.1. The van der Waals surface area contributed by atoms with Gasteiger partial charge >= 0.3 is 0 Å². The monoisotopic (exact) mass is 274 g/mol. The molecule has 0 amide bonds. The van der Waals surface area contributed by atoms with E-state index in [-0.39, 0.29) is 0 Å². The van der Waals surface area contributed by atoms with Crippen LogP contribution in [0, 0.1) is 6.92 Å². The van der Waals surface area contributed by atoms with Crippen molar-refractivity contribution in [2.45, 2.75) is 32.1 Å². The first kappa shape index (κ1) is 12.8. The predicted octanol–water partition coefficient (Wildman–Crippen LogP) is 1.74. The van der Waals surface area contributed by atoms with Gasteiger partial charge in [0.25, 0.3) is 0 Å². The molecule has 0 aliphatic heterocycles. The van der Waals surface area contributed by atoms with Crippen LogP contribution in [0.25, 0.3) is 0 Å². The van der Waals surface area contributed by atoms with Crippen LogP contribution in [0.3, 0.4) is 0 Å². The highest BCUT2D eigenvalue weighted by atomic mass is 16.5. The highest BCUT2D eigenvalue weighted by Crippen LogP contribution is 2.38. The Morgan fingerprint density at radius 1 is 1.25 bits per heavy atom. The third kappa shape index (κ3) is 3.04. The van der Waals surface area contributed by atoms with Gasteiger partial charge in [-0.2, -0.15) is 4.98 Å². The summed E-state index contributed by atoms with van der Waals surface area (Å²) in [4.78, 5) is 13.2. The summed E-state index contributed by atoms with van der Waals surface area (Å²) in [6, 6.07) is 1.91. The molecule has 2 heterocycles. The second-order valence-corrected chi connectivity index (χ2v) is 4.93. The normalized spacial score (nSPS) is 14.3. The Kier molecular flexibility index (Phi) is 3.49. The number of aryl methyl sites for hydroxylation is 1. The van der Waals surface area contributed by atoms with Gasteiger partial charge in [-0.15, -0.1) is 0 Å². The fourth-order valence-corrected chi connectivity index (χ4v) is 1.95. The molecule has 3 rings (SSSR count). The molecule has 7 nitrogen and oxygen atoms in total. The molecule has 2 N–H and O–H groups in total. The van der Waals surface area contributed by atoms with Crippen LogP contribution in [0.2, 0.25) is 0 Å². The molecule has 2 aromatic rings. The van der Waals surface area contributed by atoms with Crippen molar-refractivity contribution in [3.63, 3.8) is 0 Å². The number of rotatable bonds is 6. The lowest BCUT2D eigenvalue weighted by atomic mass is 10.3. The van der Waals surface area contributed by atoms with E-state index in [9.17, 15) is 0 Å². The molecule has 1 aliphatic carbocycles. The second kappa shape index (κ2) is 5.44. The Balaban J connectivity index is 1.62. The fourth-order valence-electron chi connectivity index (χ4n) is 1.95. The number of hydrogen-bond donors (Lipinski definition) is 2. The first-order valence-corrected chi connectivity index (χ1v) is 6.84. The van der Waals surface area contributed by atoms with E-state index in [0.717, 1.165) is 17.5 Å². The Bertz CT molecular complexity index is 592.